The maximum absolute atomic E-state index is 15.0. The summed E-state index contributed by atoms with van der Waals surface area (Å²) in [7, 11) is 0. The number of benzene rings is 3. The molecule has 3 aromatic carbocycles. The number of piperidine rings is 1. The van der Waals surface area contributed by atoms with Gasteiger partial charge in [-0.15, -0.1) is 0 Å². The number of aryl methyl sites for hydroxylation is 1. The van der Waals surface area contributed by atoms with Gasteiger partial charge >= 0.3 is 0 Å². The van der Waals surface area contributed by atoms with Crippen molar-refractivity contribution in [3.63, 3.8) is 0 Å². The molecule has 0 spiro atoms. The third-order valence-corrected chi connectivity index (χ3v) is 12.8. The number of likely N-dealkylation sites (tertiary alicyclic amines) is 1. The SMILES string of the molecule is CCc1cccc(C2=CNC(C(=O)N3CCC(CN4CCN(CC(=O)N5CCN(C(=O)c6cc(Cc7n[nH]c(=O)c8ccccc78)ccc6F)CC5)CC4)CC3)C(C)=C2)c1. The summed E-state index contributed by atoms with van der Waals surface area (Å²) in [6.45, 7) is 12.0. The Morgan fingerprint density at radius 2 is 1.50 bits per heavy atom. The lowest BCUT2D eigenvalue weighted by molar-refractivity contribution is -0.135. The van der Waals surface area contributed by atoms with E-state index in [9.17, 15) is 19.2 Å². The molecule has 1 aromatic heterocycles. The minimum Gasteiger partial charge on any atom is -0.376 e. The number of halogens is 1. The molecule has 13 heteroatoms. The van der Waals surface area contributed by atoms with Crippen molar-refractivity contribution in [2.45, 2.75) is 45.6 Å². The summed E-state index contributed by atoms with van der Waals surface area (Å²) in [5, 5.41) is 11.4. The van der Waals surface area contributed by atoms with E-state index in [1.807, 2.05) is 35.1 Å². The zero-order valence-electron chi connectivity index (χ0n) is 34.7. The second-order valence-corrected chi connectivity index (χ2v) is 16.7. The molecule has 8 rings (SSSR count). The lowest BCUT2D eigenvalue weighted by atomic mass is 9.93. The predicted molar refractivity (Wildman–Crippen MR) is 231 cm³/mol. The lowest BCUT2D eigenvalue weighted by Gasteiger charge is -2.40. The van der Waals surface area contributed by atoms with Crippen LogP contribution in [0, 0.1) is 11.7 Å². The van der Waals surface area contributed by atoms with Crippen molar-refractivity contribution in [2.24, 2.45) is 5.92 Å². The standard InChI is InChI=1S/C47H55FN8O4/c1-3-33-7-6-8-36(26-33)37-25-32(2)44(49-29-37)47(60)55-15-13-34(14-16-55)30-52-17-19-53(20-18-52)31-43(57)54-21-23-56(24-22-54)46(59)40-27-35(11-12-41(40)48)28-42-38-9-4-5-10-39(38)45(58)51-50-42/h4-12,25-27,29,34,44,49H,3,13-24,28,30-31H2,1-2H3,(H,51,58). The van der Waals surface area contributed by atoms with Crippen LogP contribution in [0.1, 0.15) is 59.4 Å². The second-order valence-electron chi connectivity index (χ2n) is 16.7. The lowest BCUT2D eigenvalue weighted by Crippen LogP contribution is -2.55. The minimum atomic E-state index is -0.595. The Bertz CT molecular complexity index is 2350. The van der Waals surface area contributed by atoms with Crippen LogP contribution in [-0.4, -0.2) is 137 Å². The van der Waals surface area contributed by atoms with Crippen molar-refractivity contribution >= 4 is 34.1 Å². The van der Waals surface area contributed by atoms with Crippen LogP contribution >= 0.6 is 0 Å². The molecule has 3 saturated heterocycles. The molecule has 0 saturated carbocycles. The number of hydrogen-bond donors (Lipinski definition) is 2. The van der Waals surface area contributed by atoms with Crippen molar-refractivity contribution in [3.05, 3.63) is 129 Å². The van der Waals surface area contributed by atoms with Crippen LogP contribution in [0.2, 0.25) is 0 Å². The molecule has 3 fully saturated rings. The molecule has 3 amide bonds. The second kappa shape index (κ2) is 18.3. The summed E-state index contributed by atoms with van der Waals surface area (Å²) in [5.74, 6) is -0.252. The van der Waals surface area contributed by atoms with E-state index in [-0.39, 0.29) is 29.0 Å². The molecule has 5 heterocycles. The number of dihydropyridines is 1. The number of rotatable bonds is 10. The molecule has 12 nitrogen and oxygen atoms in total. The van der Waals surface area contributed by atoms with Crippen molar-refractivity contribution in [3.8, 4) is 0 Å². The summed E-state index contributed by atoms with van der Waals surface area (Å²) in [4.78, 5) is 62.8. The van der Waals surface area contributed by atoms with Crippen LogP contribution in [0.25, 0.3) is 16.3 Å². The Labute approximate surface area is 350 Å². The summed E-state index contributed by atoms with van der Waals surface area (Å²) >= 11 is 0. The van der Waals surface area contributed by atoms with Gasteiger partial charge in [0.15, 0.2) is 0 Å². The van der Waals surface area contributed by atoms with Crippen molar-refractivity contribution < 1.29 is 18.8 Å². The number of aromatic nitrogens is 2. The molecule has 60 heavy (non-hydrogen) atoms. The van der Waals surface area contributed by atoms with Crippen molar-refractivity contribution in [1.82, 2.24) is 40.0 Å². The molecule has 4 aromatic rings. The van der Waals surface area contributed by atoms with Gasteiger partial charge in [-0.1, -0.05) is 61.5 Å². The van der Waals surface area contributed by atoms with E-state index in [2.05, 4.69) is 62.6 Å². The van der Waals surface area contributed by atoms with Gasteiger partial charge in [0.1, 0.15) is 11.9 Å². The minimum absolute atomic E-state index is 0.0111. The van der Waals surface area contributed by atoms with Gasteiger partial charge in [0.2, 0.25) is 11.8 Å². The van der Waals surface area contributed by atoms with Gasteiger partial charge in [0, 0.05) is 90.0 Å². The fourth-order valence-corrected chi connectivity index (χ4v) is 9.06. The normalized spacial score (nSPS) is 19.5. The average molecular weight is 815 g/mol. The highest BCUT2D eigenvalue weighted by atomic mass is 19.1. The van der Waals surface area contributed by atoms with Gasteiger partial charge in [0.25, 0.3) is 11.5 Å². The van der Waals surface area contributed by atoms with Gasteiger partial charge in [-0.25, -0.2) is 9.49 Å². The number of aromatic amines is 1. The molecular formula is C47H55FN8O4. The summed E-state index contributed by atoms with van der Waals surface area (Å²) in [6, 6.07) is 19.9. The molecule has 2 N–H and O–H groups in total. The van der Waals surface area contributed by atoms with Gasteiger partial charge < -0.3 is 24.9 Å². The quantitative estimate of drug-likeness (QED) is 0.243. The fourth-order valence-electron chi connectivity index (χ4n) is 9.06. The number of H-pyrrole nitrogens is 1. The largest absolute Gasteiger partial charge is 0.376 e. The molecule has 314 valence electrons. The van der Waals surface area contributed by atoms with Crippen LogP contribution in [0.5, 0.6) is 0 Å². The Morgan fingerprint density at radius 3 is 2.23 bits per heavy atom. The van der Waals surface area contributed by atoms with E-state index in [1.54, 1.807) is 29.2 Å². The Hall–Kier alpha value is -5.66. The highest BCUT2D eigenvalue weighted by molar-refractivity contribution is 5.95. The zero-order valence-corrected chi connectivity index (χ0v) is 34.7. The van der Waals surface area contributed by atoms with Crippen LogP contribution in [0.4, 0.5) is 4.39 Å². The van der Waals surface area contributed by atoms with E-state index in [0.29, 0.717) is 67.1 Å². The topological polar surface area (TPSA) is 125 Å². The average Bonchev–Trinajstić information content (AvgIpc) is 3.28. The fraction of sp³-hybridized carbons (Fsp3) is 0.426. The monoisotopic (exact) mass is 814 g/mol. The van der Waals surface area contributed by atoms with E-state index >= 15 is 4.39 Å². The van der Waals surface area contributed by atoms with Crippen LogP contribution in [-0.2, 0) is 22.4 Å². The Balaban J connectivity index is 0.747. The molecule has 4 aliphatic heterocycles. The van der Waals surface area contributed by atoms with Crippen molar-refractivity contribution in [1.29, 1.82) is 0 Å². The van der Waals surface area contributed by atoms with Crippen molar-refractivity contribution in [2.75, 3.05) is 78.5 Å². The zero-order chi connectivity index (χ0) is 41.8. The first-order chi connectivity index (χ1) is 29.1. The molecular weight excluding hydrogens is 760 g/mol. The van der Waals surface area contributed by atoms with Gasteiger partial charge in [-0.2, -0.15) is 5.10 Å². The summed E-state index contributed by atoms with van der Waals surface area (Å²) in [6.07, 6.45) is 7.41. The van der Waals surface area contributed by atoms with E-state index < -0.39 is 11.7 Å². The number of amides is 3. The number of nitrogens with zero attached hydrogens (tertiary/aromatic N) is 6. The van der Waals surface area contributed by atoms with Gasteiger partial charge in [-0.05, 0) is 78.1 Å². The number of carbonyl (C=O) groups is 3. The molecule has 0 bridgehead atoms. The number of carbonyl (C=O) groups excluding carboxylic acids is 3. The van der Waals surface area contributed by atoms with E-state index in [1.165, 1.54) is 11.6 Å². The van der Waals surface area contributed by atoms with Gasteiger partial charge in [-0.3, -0.25) is 24.1 Å². The highest BCUT2D eigenvalue weighted by Gasteiger charge is 2.32. The van der Waals surface area contributed by atoms with Crippen LogP contribution < -0.4 is 10.9 Å². The van der Waals surface area contributed by atoms with E-state index in [0.717, 1.165) is 81.8 Å². The maximum Gasteiger partial charge on any atom is 0.272 e. The van der Waals surface area contributed by atoms with Crippen LogP contribution in [0.3, 0.4) is 0 Å². The molecule has 0 radical (unpaired) electrons. The third-order valence-electron chi connectivity index (χ3n) is 12.8. The predicted octanol–water partition coefficient (Wildman–Crippen LogP) is 4.32. The highest BCUT2D eigenvalue weighted by Crippen LogP contribution is 2.26. The number of hydrogen-bond acceptors (Lipinski definition) is 8. The third kappa shape index (κ3) is 9.22. The first kappa shape index (κ1) is 41.1. The summed E-state index contributed by atoms with van der Waals surface area (Å²) < 4.78 is 15.0. The first-order valence-corrected chi connectivity index (χ1v) is 21.4. The van der Waals surface area contributed by atoms with E-state index in [4.69, 9.17) is 0 Å². The number of piperazine rings is 2. The molecule has 4 aliphatic rings. The number of allylic oxidation sites excluding steroid dienone is 2. The first-order valence-electron chi connectivity index (χ1n) is 21.4. The number of nitrogens with one attached hydrogen (secondary N) is 2. The Morgan fingerprint density at radius 1 is 0.783 bits per heavy atom. The maximum atomic E-state index is 15.0. The van der Waals surface area contributed by atoms with Gasteiger partial charge in [0.05, 0.1) is 23.2 Å². The Kier molecular flexibility index (Phi) is 12.5. The summed E-state index contributed by atoms with van der Waals surface area (Å²) in [5.41, 5.74) is 5.66. The smallest absolute Gasteiger partial charge is 0.272 e. The number of fused-ring (bicyclic) bond motifs is 1. The molecule has 0 aliphatic carbocycles. The van der Waals surface area contributed by atoms with Crippen LogP contribution in [0.15, 0.2) is 89.4 Å². The molecule has 1 atom stereocenters. The molecule has 1 unspecified atom stereocenters.